The molecule has 5 heteroatoms. The zero-order valence-electron chi connectivity index (χ0n) is 9.48. The van der Waals surface area contributed by atoms with Crippen molar-refractivity contribution in [2.45, 2.75) is 29.2 Å². The van der Waals surface area contributed by atoms with Gasteiger partial charge in [-0.2, -0.15) is 0 Å². The summed E-state index contributed by atoms with van der Waals surface area (Å²) in [6.45, 7) is 3.35. The lowest BCUT2D eigenvalue weighted by molar-refractivity contribution is 0.196. The Kier molecular flexibility index (Phi) is 3.81. The zero-order valence-corrected chi connectivity index (χ0v) is 11.1. The number of hydrogen-bond donors (Lipinski definition) is 1. The molecule has 0 radical (unpaired) electrons. The molecule has 0 saturated heterocycles. The lowest BCUT2D eigenvalue weighted by Crippen LogP contribution is -1.97. The standard InChI is InChI=1S/C12H12FNOS2/c1-7-5-11(17-12-14-3-4-16-12)9(8(2)15)6-10(7)13/h3-6,8,15H,1-2H3. The van der Waals surface area contributed by atoms with Gasteiger partial charge in [-0.15, -0.1) is 11.3 Å². The van der Waals surface area contributed by atoms with Gasteiger partial charge in [0.05, 0.1) is 6.10 Å². The third kappa shape index (κ3) is 2.86. The molecule has 0 aliphatic carbocycles. The molecule has 0 amide bonds. The van der Waals surface area contributed by atoms with Crippen molar-refractivity contribution in [1.82, 2.24) is 4.98 Å². The van der Waals surface area contributed by atoms with E-state index < -0.39 is 6.10 Å². The molecule has 2 rings (SSSR count). The summed E-state index contributed by atoms with van der Waals surface area (Å²) >= 11 is 2.98. The molecule has 17 heavy (non-hydrogen) atoms. The third-order valence-electron chi connectivity index (χ3n) is 2.35. The van der Waals surface area contributed by atoms with E-state index >= 15 is 0 Å². The highest BCUT2D eigenvalue weighted by Gasteiger charge is 2.13. The molecule has 0 aliphatic heterocycles. The Morgan fingerprint density at radius 2 is 2.24 bits per heavy atom. The average molecular weight is 269 g/mol. The molecule has 1 heterocycles. The molecule has 1 unspecified atom stereocenters. The summed E-state index contributed by atoms with van der Waals surface area (Å²) in [4.78, 5) is 5.03. The maximum atomic E-state index is 13.5. The van der Waals surface area contributed by atoms with Gasteiger partial charge < -0.3 is 5.11 Å². The molecule has 1 N–H and O–H groups in total. The maximum Gasteiger partial charge on any atom is 0.154 e. The van der Waals surface area contributed by atoms with Gasteiger partial charge in [0.2, 0.25) is 0 Å². The molecule has 0 spiro atoms. The summed E-state index contributed by atoms with van der Waals surface area (Å²) in [7, 11) is 0. The Hall–Kier alpha value is -0.910. The number of aromatic nitrogens is 1. The van der Waals surface area contributed by atoms with Gasteiger partial charge in [-0.3, -0.25) is 0 Å². The second kappa shape index (κ2) is 5.16. The van der Waals surface area contributed by atoms with Gasteiger partial charge in [-0.25, -0.2) is 9.37 Å². The number of benzene rings is 1. The number of rotatable bonds is 3. The lowest BCUT2D eigenvalue weighted by Gasteiger charge is -2.12. The van der Waals surface area contributed by atoms with Crippen LogP contribution < -0.4 is 0 Å². The van der Waals surface area contributed by atoms with Crippen LogP contribution in [0.25, 0.3) is 0 Å². The summed E-state index contributed by atoms with van der Waals surface area (Å²) in [5.74, 6) is -0.288. The fourth-order valence-corrected chi connectivity index (χ4v) is 3.31. The Bertz CT molecular complexity index is 511. The van der Waals surface area contributed by atoms with Crippen LogP contribution >= 0.6 is 23.1 Å². The van der Waals surface area contributed by atoms with E-state index in [1.165, 1.54) is 29.2 Å². The number of halogens is 1. The van der Waals surface area contributed by atoms with Crippen LogP contribution in [0.5, 0.6) is 0 Å². The van der Waals surface area contributed by atoms with Crippen LogP contribution in [0, 0.1) is 12.7 Å². The molecule has 1 aromatic heterocycles. The molecule has 0 aliphatic rings. The van der Waals surface area contributed by atoms with E-state index in [-0.39, 0.29) is 5.82 Å². The van der Waals surface area contributed by atoms with Crippen molar-refractivity contribution in [2.24, 2.45) is 0 Å². The smallest absolute Gasteiger partial charge is 0.154 e. The highest BCUT2D eigenvalue weighted by atomic mass is 32.2. The van der Waals surface area contributed by atoms with E-state index in [2.05, 4.69) is 4.98 Å². The van der Waals surface area contributed by atoms with Crippen molar-refractivity contribution in [2.75, 3.05) is 0 Å². The van der Waals surface area contributed by atoms with E-state index in [0.717, 1.165) is 9.24 Å². The largest absolute Gasteiger partial charge is 0.389 e. The van der Waals surface area contributed by atoms with Crippen molar-refractivity contribution < 1.29 is 9.50 Å². The third-order valence-corrected chi connectivity index (χ3v) is 4.31. The van der Waals surface area contributed by atoms with Gasteiger partial charge in [0.25, 0.3) is 0 Å². The van der Waals surface area contributed by atoms with Gasteiger partial charge in [-0.05, 0) is 37.1 Å². The quantitative estimate of drug-likeness (QED) is 0.920. The number of aliphatic hydroxyl groups excluding tert-OH is 1. The molecule has 2 nitrogen and oxygen atoms in total. The SMILES string of the molecule is Cc1cc(Sc2nccs2)c(C(C)O)cc1F. The van der Waals surface area contributed by atoms with E-state index in [0.29, 0.717) is 11.1 Å². The Labute approximate surface area is 108 Å². The van der Waals surface area contributed by atoms with E-state index in [4.69, 9.17) is 0 Å². The molecule has 2 aromatic rings. The van der Waals surface area contributed by atoms with Crippen LogP contribution in [0.1, 0.15) is 24.2 Å². The molecule has 0 bridgehead atoms. The molecular weight excluding hydrogens is 257 g/mol. The van der Waals surface area contributed by atoms with Crippen molar-refractivity contribution in [3.63, 3.8) is 0 Å². The van der Waals surface area contributed by atoms with E-state index in [1.807, 2.05) is 5.38 Å². The number of thiazole rings is 1. The Morgan fingerprint density at radius 3 is 2.82 bits per heavy atom. The first-order chi connectivity index (χ1) is 8.08. The van der Waals surface area contributed by atoms with Crippen LogP contribution in [0.15, 0.2) is 32.9 Å². The predicted octanol–water partition coefficient (Wildman–Crippen LogP) is 3.80. The highest BCUT2D eigenvalue weighted by Crippen LogP contribution is 2.35. The van der Waals surface area contributed by atoms with Gasteiger partial charge in [0, 0.05) is 16.5 Å². The van der Waals surface area contributed by atoms with Gasteiger partial charge >= 0.3 is 0 Å². The van der Waals surface area contributed by atoms with E-state index in [9.17, 15) is 9.50 Å². The lowest BCUT2D eigenvalue weighted by atomic mass is 10.1. The normalized spacial score (nSPS) is 12.7. The van der Waals surface area contributed by atoms with Crippen LogP contribution in [0.4, 0.5) is 4.39 Å². The first-order valence-corrected chi connectivity index (χ1v) is 6.83. The Balaban J connectivity index is 2.41. The zero-order chi connectivity index (χ0) is 12.4. The highest BCUT2D eigenvalue weighted by molar-refractivity contribution is 8.01. The van der Waals surface area contributed by atoms with Crippen molar-refractivity contribution in [3.05, 3.63) is 40.7 Å². The summed E-state index contributed by atoms with van der Waals surface area (Å²) < 4.78 is 14.4. The van der Waals surface area contributed by atoms with Crippen molar-refractivity contribution in [3.8, 4) is 0 Å². The first kappa shape index (κ1) is 12.5. The van der Waals surface area contributed by atoms with Gasteiger partial charge in [-0.1, -0.05) is 11.8 Å². The Morgan fingerprint density at radius 1 is 1.47 bits per heavy atom. The number of aliphatic hydroxyl groups is 1. The fourth-order valence-electron chi connectivity index (χ4n) is 1.44. The van der Waals surface area contributed by atoms with Crippen molar-refractivity contribution in [1.29, 1.82) is 0 Å². The van der Waals surface area contributed by atoms with Crippen LogP contribution in [0.3, 0.4) is 0 Å². The fraction of sp³-hybridized carbons (Fsp3) is 0.250. The molecule has 1 aromatic carbocycles. The average Bonchev–Trinajstić information content (AvgIpc) is 2.75. The van der Waals surface area contributed by atoms with Gasteiger partial charge in [0.15, 0.2) is 4.34 Å². The topological polar surface area (TPSA) is 33.1 Å². The molecule has 0 saturated carbocycles. The molecule has 90 valence electrons. The minimum atomic E-state index is -0.687. The maximum absolute atomic E-state index is 13.5. The van der Waals surface area contributed by atoms with Crippen LogP contribution in [-0.2, 0) is 0 Å². The minimum absolute atomic E-state index is 0.288. The predicted molar refractivity (Wildman–Crippen MR) is 68.0 cm³/mol. The van der Waals surface area contributed by atoms with E-state index in [1.54, 1.807) is 26.1 Å². The first-order valence-electron chi connectivity index (χ1n) is 5.13. The molecule has 0 fully saturated rings. The number of nitrogens with zero attached hydrogens (tertiary/aromatic N) is 1. The van der Waals surface area contributed by atoms with Gasteiger partial charge in [0.1, 0.15) is 5.82 Å². The van der Waals surface area contributed by atoms with Crippen molar-refractivity contribution >= 4 is 23.1 Å². The minimum Gasteiger partial charge on any atom is -0.389 e. The summed E-state index contributed by atoms with van der Waals surface area (Å²) in [6.07, 6.45) is 1.04. The van der Waals surface area contributed by atoms with Crippen LogP contribution in [-0.4, -0.2) is 10.1 Å². The molecule has 1 atom stereocenters. The summed E-state index contributed by atoms with van der Waals surface area (Å²) in [5, 5.41) is 11.5. The monoisotopic (exact) mass is 269 g/mol. The second-order valence-corrected chi connectivity index (χ2v) is 5.90. The van der Waals surface area contributed by atoms with Crippen LogP contribution in [0.2, 0.25) is 0 Å². The molecular formula is C12H12FNOS2. The second-order valence-electron chi connectivity index (χ2n) is 3.72. The number of aryl methyl sites for hydroxylation is 1. The number of hydrogen-bond acceptors (Lipinski definition) is 4. The summed E-state index contributed by atoms with van der Waals surface area (Å²) in [5.41, 5.74) is 1.18. The summed E-state index contributed by atoms with van der Waals surface area (Å²) in [6, 6.07) is 3.15.